The second kappa shape index (κ2) is 8.73. The molecule has 1 fully saturated rings. The van der Waals surface area contributed by atoms with Crippen LogP contribution >= 0.6 is 11.6 Å². The molecule has 0 atom stereocenters. The SMILES string of the molecule is CN1CCC(Oc2nc(-c3cc(Cl)c4ncccc4c3)c(-c3ccccc3)nc2N)CC1. The summed E-state index contributed by atoms with van der Waals surface area (Å²) in [6.07, 6.45) is 3.67. The Kier molecular flexibility index (Phi) is 5.64. The van der Waals surface area contributed by atoms with Crippen molar-refractivity contribution < 1.29 is 4.74 Å². The number of nitrogens with zero attached hydrogens (tertiary/aromatic N) is 4. The number of aromatic nitrogens is 3. The zero-order valence-electron chi connectivity index (χ0n) is 17.8. The summed E-state index contributed by atoms with van der Waals surface area (Å²) in [5.41, 5.74) is 10.2. The zero-order valence-corrected chi connectivity index (χ0v) is 18.6. The maximum Gasteiger partial charge on any atom is 0.258 e. The maximum atomic E-state index is 6.58. The molecule has 1 aliphatic heterocycles. The van der Waals surface area contributed by atoms with Crippen LogP contribution in [0, 0.1) is 0 Å². The summed E-state index contributed by atoms with van der Waals surface area (Å²) >= 11 is 6.58. The molecular formula is C25H24ClN5O. The molecule has 7 heteroatoms. The molecule has 4 aromatic rings. The predicted molar refractivity (Wildman–Crippen MR) is 129 cm³/mol. The van der Waals surface area contributed by atoms with E-state index in [0.717, 1.165) is 48.0 Å². The monoisotopic (exact) mass is 445 g/mol. The van der Waals surface area contributed by atoms with Crippen molar-refractivity contribution in [1.82, 2.24) is 19.9 Å². The van der Waals surface area contributed by atoms with Crippen LogP contribution in [0.25, 0.3) is 33.4 Å². The van der Waals surface area contributed by atoms with E-state index in [9.17, 15) is 0 Å². The summed E-state index contributed by atoms with van der Waals surface area (Å²) in [6, 6.07) is 17.7. The van der Waals surface area contributed by atoms with Crippen LogP contribution in [0.2, 0.25) is 5.02 Å². The summed E-state index contributed by atoms with van der Waals surface area (Å²) in [6.45, 7) is 1.97. The van der Waals surface area contributed by atoms with Crippen LogP contribution in [-0.4, -0.2) is 46.1 Å². The number of halogens is 1. The molecule has 1 aliphatic rings. The summed E-state index contributed by atoms with van der Waals surface area (Å²) in [4.78, 5) is 16.3. The van der Waals surface area contributed by atoms with Crippen LogP contribution in [-0.2, 0) is 0 Å². The maximum absolute atomic E-state index is 6.58. The van der Waals surface area contributed by atoms with Crippen molar-refractivity contribution in [2.75, 3.05) is 25.9 Å². The van der Waals surface area contributed by atoms with E-state index in [1.807, 2.05) is 54.6 Å². The van der Waals surface area contributed by atoms with Crippen LogP contribution in [0.5, 0.6) is 5.88 Å². The van der Waals surface area contributed by atoms with Gasteiger partial charge in [0.1, 0.15) is 11.8 Å². The highest BCUT2D eigenvalue weighted by atomic mass is 35.5. The number of nitrogen functional groups attached to an aromatic ring is 1. The number of rotatable bonds is 4. The highest BCUT2D eigenvalue weighted by Gasteiger charge is 2.23. The van der Waals surface area contributed by atoms with Crippen LogP contribution in [0.4, 0.5) is 5.82 Å². The van der Waals surface area contributed by atoms with Crippen LogP contribution in [0.3, 0.4) is 0 Å². The van der Waals surface area contributed by atoms with Crippen molar-refractivity contribution in [3.8, 4) is 28.4 Å². The van der Waals surface area contributed by atoms with Gasteiger partial charge in [-0.25, -0.2) is 9.97 Å². The Balaban J connectivity index is 1.63. The molecule has 32 heavy (non-hydrogen) atoms. The molecule has 2 aromatic carbocycles. The first-order valence-electron chi connectivity index (χ1n) is 10.7. The van der Waals surface area contributed by atoms with Gasteiger partial charge in [0, 0.05) is 35.8 Å². The van der Waals surface area contributed by atoms with Crippen molar-refractivity contribution in [3.63, 3.8) is 0 Å². The van der Waals surface area contributed by atoms with Crippen molar-refractivity contribution in [2.45, 2.75) is 18.9 Å². The minimum atomic E-state index is 0.0719. The fourth-order valence-electron chi connectivity index (χ4n) is 4.06. The molecule has 0 unspecified atom stereocenters. The van der Waals surface area contributed by atoms with E-state index >= 15 is 0 Å². The number of ether oxygens (including phenoxy) is 1. The first-order chi connectivity index (χ1) is 15.6. The molecule has 162 valence electrons. The Labute approximate surface area is 192 Å². The average Bonchev–Trinajstić information content (AvgIpc) is 2.82. The Bertz CT molecular complexity index is 1260. The lowest BCUT2D eigenvalue weighted by atomic mass is 10.0. The van der Waals surface area contributed by atoms with Crippen molar-refractivity contribution in [1.29, 1.82) is 0 Å². The van der Waals surface area contributed by atoms with E-state index in [1.54, 1.807) is 6.20 Å². The first-order valence-corrected chi connectivity index (χ1v) is 11.1. The lowest BCUT2D eigenvalue weighted by molar-refractivity contribution is 0.110. The Morgan fingerprint density at radius 2 is 1.72 bits per heavy atom. The van der Waals surface area contributed by atoms with Gasteiger partial charge < -0.3 is 15.4 Å². The summed E-state index contributed by atoms with van der Waals surface area (Å²) in [7, 11) is 2.12. The normalized spacial score (nSPS) is 15.2. The second-order valence-corrected chi connectivity index (χ2v) is 8.54. The number of fused-ring (bicyclic) bond motifs is 1. The van der Waals surface area contributed by atoms with E-state index in [4.69, 9.17) is 32.0 Å². The standard InChI is InChI=1S/C25H24ClN5O/c1-31-12-9-19(10-13-31)32-25-24(27)29-22(16-6-3-2-4-7-16)23(30-25)18-14-17-8-5-11-28-21(17)20(26)15-18/h2-8,11,14-15,19H,9-10,12-13H2,1H3,(H2,27,29). The predicted octanol–water partition coefficient (Wildman–Crippen LogP) is 5.07. The van der Waals surface area contributed by atoms with Gasteiger partial charge in [-0.2, -0.15) is 0 Å². The van der Waals surface area contributed by atoms with Gasteiger partial charge in [-0.3, -0.25) is 4.98 Å². The van der Waals surface area contributed by atoms with Crippen molar-refractivity contribution >= 4 is 28.3 Å². The molecule has 1 saturated heterocycles. The third-order valence-electron chi connectivity index (χ3n) is 5.81. The molecule has 0 radical (unpaired) electrons. The average molecular weight is 446 g/mol. The number of hydrogen-bond donors (Lipinski definition) is 1. The van der Waals surface area contributed by atoms with Gasteiger partial charge in [-0.15, -0.1) is 0 Å². The molecule has 0 amide bonds. The quantitative estimate of drug-likeness (QED) is 0.472. The Morgan fingerprint density at radius 1 is 0.969 bits per heavy atom. The van der Waals surface area contributed by atoms with Crippen LogP contribution in [0.15, 0.2) is 60.8 Å². The highest BCUT2D eigenvalue weighted by Crippen LogP contribution is 2.36. The molecular weight excluding hydrogens is 422 g/mol. The minimum Gasteiger partial charge on any atom is -0.472 e. The molecule has 5 rings (SSSR count). The highest BCUT2D eigenvalue weighted by molar-refractivity contribution is 6.35. The fourth-order valence-corrected chi connectivity index (χ4v) is 4.34. The van der Waals surface area contributed by atoms with Crippen molar-refractivity contribution in [3.05, 3.63) is 65.8 Å². The van der Waals surface area contributed by atoms with E-state index in [0.29, 0.717) is 28.1 Å². The number of nitrogens with two attached hydrogens (primary N) is 1. The van der Waals surface area contributed by atoms with Gasteiger partial charge in [0.05, 0.1) is 16.2 Å². The fraction of sp³-hybridized carbons (Fsp3) is 0.240. The summed E-state index contributed by atoms with van der Waals surface area (Å²) < 4.78 is 6.23. The second-order valence-electron chi connectivity index (χ2n) is 8.13. The molecule has 3 heterocycles. The number of hydrogen-bond acceptors (Lipinski definition) is 6. The molecule has 6 nitrogen and oxygen atoms in total. The van der Waals surface area contributed by atoms with Gasteiger partial charge >= 0.3 is 0 Å². The molecule has 2 N–H and O–H groups in total. The van der Waals surface area contributed by atoms with E-state index in [1.165, 1.54) is 0 Å². The zero-order chi connectivity index (χ0) is 22.1. The van der Waals surface area contributed by atoms with Gasteiger partial charge in [-0.1, -0.05) is 48.0 Å². The number of benzene rings is 2. The smallest absolute Gasteiger partial charge is 0.258 e. The molecule has 0 bridgehead atoms. The Morgan fingerprint density at radius 3 is 2.50 bits per heavy atom. The number of likely N-dealkylation sites (tertiary alicyclic amines) is 1. The Hall–Kier alpha value is -3.22. The lowest BCUT2D eigenvalue weighted by Crippen LogP contribution is -2.36. The van der Waals surface area contributed by atoms with Crippen molar-refractivity contribution in [2.24, 2.45) is 0 Å². The van der Waals surface area contributed by atoms with Gasteiger partial charge in [-0.05, 0) is 38.1 Å². The van der Waals surface area contributed by atoms with Crippen LogP contribution in [0.1, 0.15) is 12.8 Å². The molecule has 0 saturated carbocycles. The number of piperidine rings is 1. The number of anilines is 1. The summed E-state index contributed by atoms with van der Waals surface area (Å²) in [5, 5.41) is 1.50. The minimum absolute atomic E-state index is 0.0719. The number of pyridine rings is 1. The van der Waals surface area contributed by atoms with Gasteiger partial charge in [0.15, 0.2) is 5.82 Å². The van der Waals surface area contributed by atoms with E-state index in [2.05, 4.69) is 16.9 Å². The van der Waals surface area contributed by atoms with Crippen LogP contribution < -0.4 is 10.5 Å². The largest absolute Gasteiger partial charge is 0.472 e. The molecule has 0 spiro atoms. The summed E-state index contributed by atoms with van der Waals surface area (Å²) in [5.74, 6) is 0.664. The molecule has 0 aliphatic carbocycles. The third kappa shape index (κ3) is 4.11. The first kappa shape index (κ1) is 20.7. The van der Waals surface area contributed by atoms with E-state index in [-0.39, 0.29) is 6.10 Å². The third-order valence-corrected chi connectivity index (χ3v) is 6.10. The van der Waals surface area contributed by atoms with Gasteiger partial charge in [0.25, 0.3) is 5.88 Å². The van der Waals surface area contributed by atoms with E-state index < -0.39 is 0 Å². The van der Waals surface area contributed by atoms with Gasteiger partial charge in [0.2, 0.25) is 0 Å². The molecule has 2 aromatic heterocycles. The lowest BCUT2D eigenvalue weighted by Gasteiger charge is -2.29. The topological polar surface area (TPSA) is 77.2 Å².